The molecule has 0 bridgehead atoms. The third kappa shape index (κ3) is 4.35. The van der Waals surface area contributed by atoms with Gasteiger partial charge in [0.15, 0.2) is 11.5 Å². The number of hydrogen-bond acceptors (Lipinski definition) is 5. The first kappa shape index (κ1) is 20.4. The number of aryl methyl sites for hydroxylation is 1. The van der Waals surface area contributed by atoms with Gasteiger partial charge in [0.05, 0.1) is 12.2 Å². The third-order valence-corrected chi connectivity index (χ3v) is 5.11. The maximum absolute atomic E-state index is 11.1. The number of nitrogens with zero attached hydrogens (tertiary/aromatic N) is 1. The average molecular weight is 419 g/mol. The molecule has 158 valence electrons. The Bertz CT molecular complexity index is 1260. The Morgan fingerprint density at radius 1 is 1.03 bits per heavy atom. The van der Waals surface area contributed by atoms with E-state index < -0.39 is 17.9 Å². The van der Waals surface area contributed by atoms with Crippen LogP contribution in [-0.2, 0) is 9.59 Å². The number of carboxylic acid groups (broad SMARTS) is 2. The second-order valence-corrected chi connectivity index (χ2v) is 7.41. The highest BCUT2D eigenvalue weighted by Crippen LogP contribution is 2.35. The normalized spacial score (nSPS) is 11.3. The average Bonchev–Trinajstić information content (AvgIpc) is 3.15. The molecule has 0 spiro atoms. The molecule has 0 amide bonds. The van der Waals surface area contributed by atoms with Crippen molar-refractivity contribution in [1.82, 2.24) is 4.98 Å². The van der Waals surface area contributed by atoms with E-state index in [1.807, 2.05) is 61.5 Å². The Labute approximate surface area is 177 Å². The summed E-state index contributed by atoms with van der Waals surface area (Å²) in [5.74, 6) is -3.17. The van der Waals surface area contributed by atoms with Gasteiger partial charge in [-0.05, 0) is 60.4 Å². The summed E-state index contributed by atoms with van der Waals surface area (Å²) in [5.41, 5.74) is 3.17. The van der Waals surface area contributed by atoms with Crippen molar-refractivity contribution < 1.29 is 29.0 Å². The van der Waals surface area contributed by atoms with Gasteiger partial charge in [-0.1, -0.05) is 30.3 Å². The van der Waals surface area contributed by atoms with Crippen molar-refractivity contribution >= 4 is 33.8 Å². The Morgan fingerprint density at radius 3 is 2.45 bits per heavy atom. The highest BCUT2D eigenvalue weighted by atomic mass is 16.5. The minimum Gasteiger partial charge on any atom is -0.493 e. The quantitative estimate of drug-likeness (QED) is 0.309. The van der Waals surface area contributed by atoms with Crippen molar-refractivity contribution in [2.24, 2.45) is 5.92 Å². The van der Waals surface area contributed by atoms with Crippen LogP contribution < -0.4 is 4.74 Å². The summed E-state index contributed by atoms with van der Waals surface area (Å²) < 4.78 is 11.9. The zero-order valence-electron chi connectivity index (χ0n) is 16.9. The van der Waals surface area contributed by atoms with Gasteiger partial charge >= 0.3 is 11.9 Å². The first-order valence-corrected chi connectivity index (χ1v) is 9.91. The van der Waals surface area contributed by atoms with E-state index >= 15 is 0 Å². The van der Waals surface area contributed by atoms with E-state index in [0.717, 1.165) is 21.9 Å². The SMILES string of the molecule is Cc1ccc2nc(-c3cc4ccccc4cc3OCCCC(C(=O)O)C(=O)O)oc2c1. The number of fused-ring (bicyclic) bond motifs is 2. The summed E-state index contributed by atoms with van der Waals surface area (Å²) >= 11 is 0. The molecule has 0 unspecified atom stereocenters. The maximum Gasteiger partial charge on any atom is 0.317 e. The molecule has 1 aromatic heterocycles. The Hall–Kier alpha value is -3.87. The van der Waals surface area contributed by atoms with Crippen LogP contribution in [0.1, 0.15) is 18.4 Å². The monoisotopic (exact) mass is 419 g/mol. The molecule has 31 heavy (non-hydrogen) atoms. The molecule has 0 saturated heterocycles. The Balaban J connectivity index is 1.63. The summed E-state index contributed by atoms with van der Waals surface area (Å²) in [6.07, 6.45) is 0.262. The largest absolute Gasteiger partial charge is 0.493 e. The minimum atomic E-state index is -1.44. The number of aromatic nitrogens is 1. The lowest BCUT2D eigenvalue weighted by molar-refractivity contribution is -0.154. The Kier molecular flexibility index (Phi) is 5.58. The van der Waals surface area contributed by atoms with E-state index in [1.54, 1.807) is 0 Å². The molecule has 7 nitrogen and oxygen atoms in total. The van der Waals surface area contributed by atoms with E-state index in [-0.39, 0.29) is 19.4 Å². The zero-order chi connectivity index (χ0) is 22.0. The van der Waals surface area contributed by atoms with Crippen molar-refractivity contribution in [3.8, 4) is 17.2 Å². The molecule has 0 aliphatic rings. The summed E-state index contributed by atoms with van der Waals surface area (Å²) in [6, 6.07) is 17.4. The summed E-state index contributed by atoms with van der Waals surface area (Å²) in [6.45, 7) is 2.15. The predicted octanol–water partition coefficient (Wildman–Crippen LogP) is 4.90. The molecular weight excluding hydrogens is 398 g/mol. The fourth-order valence-corrected chi connectivity index (χ4v) is 3.48. The first-order valence-electron chi connectivity index (χ1n) is 9.91. The van der Waals surface area contributed by atoms with Crippen LogP contribution in [0, 0.1) is 12.8 Å². The van der Waals surface area contributed by atoms with Crippen molar-refractivity contribution in [3.63, 3.8) is 0 Å². The van der Waals surface area contributed by atoms with Gasteiger partial charge in [0.2, 0.25) is 5.89 Å². The van der Waals surface area contributed by atoms with Gasteiger partial charge in [0.1, 0.15) is 11.3 Å². The second-order valence-electron chi connectivity index (χ2n) is 7.41. The van der Waals surface area contributed by atoms with Crippen molar-refractivity contribution in [2.75, 3.05) is 6.61 Å². The van der Waals surface area contributed by atoms with E-state index in [4.69, 9.17) is 19.4 Å². The molecule has 4 aromatic rings. The fourth-order valence-electron chi connectivity index (χ4n) is 3.48. The molecule has 0 aliphatic heterocycles. The lowest BCUT2D eigenvalue weighted by atomic mass is 10.0. The van der Waals surface area contributed by atoms with Gasteiger partial charge in [-0.25, -0.2) is 4.98 Å². The fraction of sp³-hybridized carbons (Fsp3) is 0.208. The molecule has 0 aliphatic carbocycles. The van der Waals surface area contributed by atoms with E-state index in [0.29, 0.717) is 22.8 Å². The number of carbonyl (C=O) groups is 2. The molecule has 1 heterocycles. The molecule has 7 heteroatoms. The van der Waals surface area contributed by atoms with Crippen LogP contribution in [0.3, 0.4) is 0 Å². The highest BCUT2D eigenvalue weighted by molar-refractivity contribution is 5.93. The van der Waals surface area contributed by atoms with Crippen molar-refractivity contribution in [1.29, 1.82) is 0 Å². The molecule has 3 aromatic carbocycles. The van der Waals surface area contributed by atoms with Crippen LogP contribution in [-0.4, -0.2) is 33.7 Å². The third-order valence-electron chi connectivity index (χ3n) is 5.11. The van der Waals surface area contributed by atoms with Crippen LogP contribution in [0.5, 0.6) is 5.75 Å². The van der Waals surface area contributed by atoms with Gasteiger partial charge in [-0.3, -0.25) is 9.59 Å². The number of ether oxygens (including phenoxy) is 1. The first-order chi connectivity index (χ1) is 14.9. The maximum atomic E-state index is 11.1. The smallest absolute Gasteiger partial charge is 0.317 e. The molecule has 0 atom stereocenters. The van der Waals surface area contributed by atoms with Crippen molar-refractivity contribution in [3.05, 3.63) is 60.2 Å². The van der Waals surface area contributed by atoms with E-state index in [1.165, 1.54) is 0 Å². The minimum absolute atomic E-state index is 0.0181. The number of hydrogen-bond donors (Lipinski definition) is 2. The number of aliphatic carboxylic acids is 2. The lowest BCUT2D eigenvalue weighted by Gasteiger charge is -2.12. The summed E-state index contributed by atoms with van der Waals surface area (Å²) in [7, 11) is 0. The predicted molar refractivity (Wildman–Crippen MR) is 115 cm³/mol. The van der Waals surface area contributed by atoms with Crippen molar-refractivity contribution in [2.45, 2.75) is 19.8 Å². The van der Waals surface area contributed by atoms with Crippen LogP contribution >= 0.6 is 0 Å². The van der Waals surface area contributed by atoms with E-state index in [9.17, 15) is 9.59 Å². The Morgan fingerprint density at radius 2 is 1.74 bits per heavy atom. The van der Waals surface area contributed by atoms with Crippen LogP contribution in [0.2, 0.25) is 0 Å². The van der Waals surface area contributed by atoms with E-state index in [2.05, 4.69) is 4.98 Å². The number of rotatable bonds is 8. The summed E-state index contributed by atoms with van der Waals surface area (Å²) in [4.78, 5) is 26.7. The molecule has 4 rings (SSSR count). The molecule has 0 fully saturated rings. The summed E-state index contributed by atoms with van der Waals surface area (Å²) in [5, 5.41) is 20.0. The van der Waals surface area contributed by atoms with Gasteiger partial charge < -0.3 is 19.4 Å². The molecular formula is C24H21NO6. The number of oxazole rings is 1. The molecule has 0 radical (unpaired) electrons. The van der Waals surface area contributed by atoms with Crippen LogP contribution in [0.4, 0.5) is 0 Å². The van der Waals surface area contributed by atoms with Gasteiger partial charge in [0, 0.05) is 0 Å². The van der Waals surface area contributed by atoms with Gasteiger partial charge in [-0.2, -0.15) is 0 Å². The highest BCUT2D eigenvalue weighted by Gasteiger charge is 2.25. The van der Waals surface area contributed by atoms with Crippen LogP contribution in [0.15, 0.2) is 59.0 Å². The standard InChI is InChI=1S/C24H21NO6/c1-14-8-9-19-21(11-14)31-22(25-19)18-12-15-5-2-3-6-16(15)13-20(18)30-10-4-7-17(23(26)27)24(28)29/h2-3,5-6,8-9,11-13,17H,4,7,10H2,1H3,(H,26,27)(H,28,29). The topological polar surface area (TPSA) is 110 Å². The zero-order valence-corrected chi connectivity index (χ0v) is 16.9. The van der Waals surface area contributed by atoms with Gasteiger partial charge in [-0.15, -0.1) is 0 Å². The number of carboxylic acids is 2. The van der Waals surface area contributed by atoms with Crippen LogP contribution in [0.25, 0.3) is 33.3 Å². The molecule has 0 saturated carbocycles. The second kappa shape index (κ2) is 8.47. The van der Waals surface area contributed by atoms with Gasteiger partial charge in [0.25, 0.3) is 0 Å². The number of benzene rings is 3. The lowest BCUT2D eigenvalue weighted by Crippen LogP contribution is -2.23. The molecule has 2 N–H and O–H groups in total.